The van der Waals surface area contributed by atoms with E-state index in [0.717, 1.165) is 34.5 Å². The lowest BCUT2D eigenvalue weighted by Crippen LogP contribution is -2.36. The minimum Gasteiger partial charge on any atom is -0.497 e. The average molecular weight is 371 g/mol. The van der Waals surface area contributed by atoms with E-state index < -0.39 is 0 Å². The molecule has 3 rings (SSSR count). The third-order valence-corrected chi connectivity index (χ3v) is 5.46. The van der Waals surface area contributed by atoms with Crippen molar-refractivity contribution in [3.63, 3.8) is 0 Å². The minimum absolute atomic E-state index is 0.122. The fourth-order valence-corrected chi connectivity index (χ4v) is 3.84. The van der Waals surface area contributed by atoms with Crippen molar-refractivity contribution < 1.29 is 19.1 Å². The zero-order chi connectivity index (χ0) is 18.8. The number of carbonyl (C=O) groups excluding carboxylic acids is 2. The Bertz CT molecular complexity index is 901. The van der Waals surface area contributed by atoms with Crippen molar-refractivity contribution in [2.45, 2.75) is 26.3 Å². The Morgan fingerprint density at radius 3 is 2.54 bits per heavy atom. The molecule has 1 fully saturated rings. The second-order valence-electron chi connectivity index (χ2n) is 6.08. The third-order valence-electron chi connectivity index (χ3n) is 4.58. The van der Waals surface area contributed by atoms with Gasteiger partial charge in [0.1, 0.15) is 11.5 Å². The molecular weight excluding hydrogens is 350 g/mol. The Kier molecular flexibility index (Phi) is 5.23. The highest BCUT2D eigenvalue weighted by molar-refractivity contribution is 8.18. The van der Waals surface area contributed by atoms with Gasteiger partial charge in [0.05, 0.1) is 19.1 Å². The van der Waals surface area contributed by atoms with Gasteiger partial charge in [-0.2, -0.15) is 0 Å². The van der Waals surface area contributed by atoms with Gasteiger partial charge in [-0.1, -0.05) is 19.1 Å². The Labute approximate surface area is 157 Å². The van der Waals surface area contributed by atoms with E-state index in [-0.39, 0.29) is 17.2 Å². The smallest absolute Gasteiger partial charge is 0.293 e. The van der Waals surface area contributed by atoms with Gasteiger partial charge in [0.15, 0.2) is 0 Å². The second-order valence-corrected chi connectivity index (χ2v) is 7.07. The molecule has 136 valence electrons. The number of rotatable bonds is 5. The summed E-state index contributed by atoms with van der Waals surface area (Å²) in [6.07, 6.45) is 2.47. The molecule has 2 aromatic rings. The number of thioether (sulfide) groups is 1. The summed E-state index contributed by atoms with van der Waals surface area (Å²) in [7, 11) is 3.20. The summed E-state index contributed by atoms with van der Waals surface area (Å²) in [5.74, 6) is 1.10. The number of fused-ring (bicyclic) bond motifs is 1. The maximum atomic E-state index is 12.7. The van der Waals surface area contributed by atoms with Gasteiger partial charge < -0.3 is 9.47 Å². The van der Waals surface area contributed by atoms with E-state index in [0.29, 0.717) is 16.4 Å². The highest BCUT2D eigenvalue weighted by atomic mass is 32.2. The van der Waals surface area contributed by atoms with Crippen molar-refractivity contribution in [2.75, 3.05) is 14.2 Å². The Balaban J connectivity index is 2.14. The van der Waals surface area contributed by atoms with Crippen molar-refractivity contribution in [1.29, 1.82) is 0 Å². The maximum Gasteiger partial charge on any atom is 0.293 e. The highest BCUT2D eigenvalue weighted by Crippen LogP contribution is 2.38. The first-order chi connectivity index (χ1) is 12.5. The average Bonchev–Trinajstić information content (AvgIpc) is 2.94. The van der Waals surface area contributed by atoms with E-state index in [2.05, 4.69) is 0 Å². The number of hydrogen-bond donors (Lipinski definition) is 0. The van der Waals surface area contributed by atoms with Gasteiger partial charge in [0.25, 0.3) is 11.1 Å². The maximum absolute atomic E-state index is 12.7. The van der Waals surface area contributed by atoms with Crippen LogP contribution in [0.1, 0.15) is 25.8 Å². The quantitative estimate of drug-likeness (QED) is 0.714. The predicted molar refractivity (Wildman–Crippen MR) is 105 cm³/mol. The van der Waals surface area contributed by atoms with Crippen molar-refractivity contribution in [1.82, 2.24) is 4.90 Å². The lowest BCUT2D eigenvalue weighted by molar-refractivity contribution is -0.124. The summed E-state index contributed by atoms with van der Waals surface area (Å²) in [4.78, 5) is 26.7. The molecule has 1 aliphatic heterocycles. The van der Waals surface area contributed by atoms with Crippen LogP contribution in [0.25, 0.3) is 16.8 Å². The largest absolute Gasteiger partial charge is 0.497 e. The molecule has 5 nitrogen and oxygen atoms in total. The van der Waals surface area contributed by atoms with Crippen LogP contribution >= 0.6 is 11.8 Å². The van der Waals surface area contributed by atoms with Crippen molar-refractivity contribution in [2.24, 2.45) is 0 Å². The summed E-state index contributed by atoms with van der Waals surface area (Å²) < 4.78 is 10.8. The molecule has 0 radical (unpaired) electrons. The van der Waals surface area contributed by atoms with Crippen LogP contribution in [0.2, 0.25) is 0 Å². The molecule has 1 atom stereocenters. The predicted octanol–water partition coefficient (Wildman–Crippen LogP) is 4.69. The minimum atomic E-state index is -0.253. The van der Waals surface area contributed by atoms with Crippen LogP contribution < -0.4 is 9.47 Å². The van der Waals surface area contributed by atoms with Gasteiger partial charge >= 0.3 is 0 Å². The lowest BCUT2D eigenvalue weighted by Gasteiger charge is -2.19. The van der Waals surface area contributed by atoms with Crippen LogP contribution in [0.5, 0.6) is 11.5 Å². The molecule has 0 saturated carbocycles. The molecular formula is C20H21NO4S. The molecule has 6 heteroatoms. The fourth-order valence-electron chi connectivity index (χ4n) is 2.93. The number of amides is 2. The lowest BCUT2D eigenvalue weighted by atomic mass is 10.0. The summed E-state index contributed by atoms with van der Waals surface area (Å²) in [5, 5.41) is 1.67. The highest BCUT2D eigenvalue weighted by Gasteiger charge is 2.37. The van der Waals surface area contributed by atoms with E-state index >= 15 is 0 Å². The topological polar surface area (TPSA) is 55.8 Å². The van der Waals surface area contributed by atoms with Crippen LogP contribution in [0.3, 0.4) is 0 Å². The molecule has 0 aliphatic carbocycles. The van der Waals surface area contributed by atoms with Crippen LogP contribution in [0, 0.1) is 0 Å². The molecule has 0 aromatic heterocycles. The molecule has 0 spiro atoms. The standard InChI is InChI=1S/C20H21NO4S/c1-5-12(2)21-19(22)18(26-20(21)23)11-16-15-10-14(24-3)8-6-13(15)7-9-17(16)25-4/h6-12H,5H2,1-4H3/b18-11+/t12-/m1/s1. The van der Waals surface area contributed by atoms with E-state index in [1.54, 1.807) is 20.3 Å². The van der Waals surface area contributed by atoms with Gasteiger partial charge in [-0.15, -0.1) is 0 Å². The normalized spacial score (nSPS) is 17.2. The van der Waals surface area contributed by atoms with Gasteiger partial charge in [0, 0.05) is 11.6 Å². The Morgan fingerprint density at radius 2 is 1.88 bits per heavy atom. The first kappa shape index (κ1) is 18.3. The zero-order valence-corrected chi connectivity index (χ0v) is 16.1. The molecule has 1 heterocycles. The van der Waals surface area contributed by atoms with Gasteiger partial charge in [0.2, 0.25) is 0 Å². The SMILES string of the molecule is CC[C@@H](C)N1C(=O)S/C(=C/c2c(OC)ccc3ccc(OC)cc23)C1=O. The number of benzene rings is 2. The number of methoxy groups -OCH3 is 2. The zero-order valence-electron chi connectivity index (χ0n) is 15.2. The number of carbonyl (C=O) groups is 2. The summed E-state index contributed by atoms with van der Waals surface area (Å²) in [5.41, 5.74) is 0.763. The first-order valence-electron chi connectivity index (χ1n) is 8.42. The van der Waals surface area contributed by atoms with E-state index in [1.807, 2.05) is 44.2 Å². The number of imide groups is 1. The Morgan fingerprint density at radius 1 is 1.15 bits per heavy atom. The Hall–Kier alpha value is -2.47. The van der Waals surface area contributed by atoms with E-state index in [4.69, 9.17) is 9.47 Å². The molecule has 0 bridgehead atoms. The van der Waals surface area contributed by atoms with Crippen LogP contribution in [-0.4, -0.2) is 36.3 Å². The molecule has 26 heavy (non-hydrogen) atoms. The molecule has 0 N–H and O–H groups in total. The molecule has 1 aliphatic rings. The van der Waals surface area contributed by atoms with Crippen LogP contribution in [-0.2, 0) is 4.79 Å². The van der Waals surface area contributed by atoms with E-state index in [9.17, 15) is 9.59 Å². The fraction of sp³-hybridized carbons (Fsp3) is 0.300. The van der Waals surface area contributed by atoms with Crippen molar-refractivity contribution in [3.05, 3.63) is 40.8 Å². The number of nitrogens with zero attached hydrogens (tertiary/aromatic N) is 1. The first-order valence-corrected chi connectivity index (χ1v) is 9.23. The van der Waals surface area contributed by atoms with Gasteiger partial charge in [-0.05, 0) is 60.2 Å². The van der Waals surface area contributed by atoms with Crippen LogP contribution in [0.4, 0.5) is 4.79 Å². The van der Waals surface area contributed by atoms with Crippen LogP contribution in [0.15, 0.2) is 35.2 Å². The van der Waals surface area contributed by atoms with Gasteiger partial charge in [-0.3, -0.25) is 14.5 Å². The van der Waals surface area contributed by atoms with Crippen molar-refractivity contribution in [3.8, 4) is 11.5 Å². The molecule has 1 saturated heterocycles. The summed E-state index contributed by atoms with van der Waals surface area (Å²) in [6.45, 7) is 3.83. The van der Waals surface area contributed by atoms with E-state index in [1.165, 1.54) is 4.90 Å². The summed E-state index contributed by atoms with van der Waals surface area (Å²) >= 11 is 0.970. The van der Waals surface area contributed by atoms with Gasteiger partial charge in [-0.25, -0.2) is 0 Å². The third kappa shape index (κ3) is 3.17. The number of ether oxygens (including phenoxy) is 2. The molecule has 2 aromatic carbocycles. The molecule has 0 unspecified atom stereocenters. The van der Waals surface area contributed by atoms with Crippen molar-refractivity contribution >= 4 is 39.8 Å². The molecule has 2 amide bonds. The monoisotopic (exact) mass is 371 g/mol. The number of hydrogen-bond acceptors (Lipinski definition) is 5. The second kappa shape index (κ2) is 7.41. The summed E-state index contributed by atoms with van der Waals surface area (Å²) in [6, 6.07) is 9.44.